The SMILES string of the molecule is CC(C)(CN)CNC(=O)c1ccc(F)c(F)c1F. The van der Waals surface area contributed by atoms with E-state index in [0.29, 0.717) is 12.6 Å². The highest BCUT2D eigenvalue weighted by Crippen LogP contribution is 2.16. The maximum absolute atomic E-state index is 13.3. The Balaban J connectivity index is 2.83. The average molecular weight is 260 g/mol. The fourth-order valence-electron chi connectivity index (χ4n) is 1.19. The van der Waals surface area contributed by atoms with Crippen LogP contribution in [0.4, 0.5) is 13.2 Å². The average Bonchev–Trinajstić information content (AvgIpc) is 2.33. The number of amides is 1. The summed E-state index contributed by atoms with van der Waals surface area (Å²) in [6.45, 7) is 4.16. The summed E-state index contributed by atoms with van der Waals surface area (Å²) in [5.74, 6) is -5.27. The second kappa shape index (κ2) is 5.39. The van der Waals surface area contributed by atoms with Gasteiger partial charge in [0.25, 0.3) is 5.91 Å². The van der Waals surface area contributed by atoms with Crippen LogP contribution in [0.25, 0.3) is 0 Å². The Morgan fingerprint density at radius 2 is 1.89 bits per heavy atom. The minimum Gasteiger partial charge on any atom is -0.351 e. The standard InChI is InChI=1S/C12H15F3N2O/c1-12(2,5-16)6-17-11(18)7-3-4-8(13)10(15)9(7)14/h3-4H,5-6,16H2,1-2H3,(H,17,18). The highest BCUT2D eigenvalue weighted by atomic mass is 19.2. The van der Waals surface area contributed by atoms with E-state index in [0.717, 1.165) is 6.07 Å². The fraction of sp³-hybridized carbons (Fsp3) is 0.417. The van der Waals surface area contributed by atoms with E-state index in [2.05, 4.69) is 5.32 Å². The molecule has 0 aliphatic rings. The van der Waals surface area contributed by atoms with Gasteiger partial charge < -0.3 is 11.1 Å². The van der Waals surface area contributed by atoms with Gasteiger partial charge in [-0.15, -0.1) is 0 Å². The van der Waals surface area contributed by atoms with Crippen molar-refractivity contribution in [3.8, 4) is 0 Å². The largest absolute Gasteiger partial charge is 0.351 e. The Kier molecular flexibility index (Phi) is 4.34. The molecule has 0 saturated carbocycles. The maximum Gasteiger partial charge on any atom is 0.254 e. The lowest BCUT2D eigenvalue weighted by Crippen LogP contribution is -2.38. The van der Waals surface area contributed by atoms with Gasteiger partial charge in [0.2, 0.25) is 0 Å². The predicted molar refractivity (Wildman–Crippen MR) is 61.5 cm³/mol. The van der Waals surface area contributed by atoms with Gasteiger partial charge in [0.1, 0.15) is 0 Å². The molecule has 1 aromatic rings. The number of hydrogen-bond acceptors (Lipinski definition) is 2. The van der Waals surface area contributed by atoms with E-state index in [1.807, 2.05) is 13.8 Å². The van der Waals surface area contributed by atoms with Crippen molar-refractivity contribution in [3.63, 3.8) is 0 Å². The molecule has 6 heteroatoms. The Hall–Kier alpha value is -1.56. The Morgan fingerprint density at radius 3 is 2.44 bits per heavy atom. The third kappa shape index (κ3) is 3.22. The molecular formula is C12H15F3N2O. The molecule has 3 nitrogen and oxygen atoms in total. The predicted octanol–water partition coefficient (Wildman–Crippen LogP) is 1.82. The van der Waals surface area contributed by atoms with Crippen molar-refractivity contribution in [3.05, 3.63) is 35.1 Å². The van der Waals surface area contributed by atoms with Crippen LogP contribution in [-0.4, -0.2) is 19.0 Å². The lowest BCUT2D eigenvalue weighted by Gasteiger charge is -2.22. The zero-order chi connectivity index (χ0) is 13.9. The molecule has 0 aromatic heterocycles. The Bertz CT molecular complexity index is 461. The van der Waals surface area contributed by atoms with Gasteiger partial charge in [-0.2, -0.15) is 0 Å². The molecule has 0 atom stereocenters. The van der Waals surface area contributed by atoms with Crippen molar-refractivity contribution in [2.45, 2.75) is 13.8 Å². The third-order valence-electron chi connectivity index (χ3n) is 2.56. The van der Waals surface area contributed by atoms with E-state index in [1.54, 1.807) is 0 Å². The van der Waals surface area contributed by atoms with Crippen LogP contribution in [0, 0.1) is 22.9 Å². The topological polar surface area (TPSA) is 55.1 Å². The summed E-state index contributed by atoms with van der Waals surface area (Å²) < 4.78 is 38.9. The van der Waals surface area contributed by atoms with Crippen LogP contribution in [0.1, 0.15) is 24.2 Å². The summed E-state index contributed by atoms with van der Waals surface area (Å²) in [6.07, 6.45) is 0. The Labute approximate surface area is 103 Å². The molecule has 0 aliphatic carbocycles. The number of carbonyl (C=O) groups is 1. The van der Waals surface area contributed by atoms with Crippen LogP contribution in [0.15, 0.2) is 12.1 Å². The lowest BCUT2D eigenvalue weighted by molar-refractivity contribution is 0.0932. The van der Waals surface area contributed by atoms with Crippen LogP contribution in [0.5, 0.6) is 0 Å². The summed E-state index contributed by atoms with van der Waals surface area (Å²) in [6, 6.07) is 1.61. The summed E-state index contributed by atoms with van der Waals surface area (Å²) in [7, 11) is 0. The first-order valence-electron chi connectivity index (χ1n) is 5.40. The number of hydrogen-bond donors (Lipinski definition) is 2. The molecule has 18 heavy (non-hydrogen) atoms. The molecule has 0 aliphatic heterocycles. The van der Waals surface area contributed by atoms with Gasteiger partial charge >= 0.3 is 0 Å². The first kappa shape index (κ1) is 14.5. The second-order valence-electron chi connectivity index (χ2n) is 4.77. The van der Waals surface area contributed by atoms with E-state index in [1.165, 1.54) is 0 Å². The van der Waals surface area contributed by atoms with Crippen molar-refractivity contribution in [2.75, 3.05) is 13.1 Å². The van der Waals surface area contributed by atoms with Crippen LogP contribution in [0.2, 0.25) is 0 Å². The molecule has 0 radical (unpaired) electrons. The number of carbonyl (C=O) groups excluding carboxylic acids is 1. The van der Waals surface area contributed by atoms with Gasteiger partial charge in [-0.3, -0.25) is 4.79 Å². The zero-order valence-corrected chi connectivity index (χ0v) is 10.2. The van der Waals surface area contributed by atoms with E-state index in [-0.39, 0.29) is 12.0 Å². The zero-order valence-electron chi connectivity index (χ0n) is 10.2. The summed E-state index contributed by atoms with van der Waals surface area (Å²) in [4.78, 5) is 11.6. The van der Waals surface area contributed by atoms with Gasteiger partial charge in [-0.25, -0.2) is 13.2 Å². The second-order valence-corrected chi connectivity index (χ2v) is 4.77. The number of rotatable bonds is 4. The van der Waals surface area contributed by atoms with Crippen molar-refractivity contribution < 1.29 is 18.0 Å². The normalized spacial score (nSPS) is 11.4. The van der Waals surface area contributed by atoms with Crippen LogP contribution in [0.3, 0.4) is 0 Å². The molecule has 100 valence electrons. The molecule has 1 aromatic carbocycles. The van der Waals surface area contributed by atoms with E-state index in [4.69, 9.17) is 5.73 Å². The minimum atomic E-state index is -1.65. The molecule has 0 unspecified atom stereocenters. The molecule has 0 fully saturated rings. The number of nitrogens with one attached hydrogen (secondary N) is 1. The van der Waals surface area contributed by atoms with Crippen molar-refractivity contribution in [2.24, 2.45) is 11.1 Å². The molecule has 0 bridgehead atoms. The first-order chi connectivity index (χ1) is 8.28. The lowest BCUT2D eigenvalue weighted by atomic mass is 9.94. The van der Waals surface area contributed by atoms with Crippen LogP contribution < -0.4 is 11.1 Å². The van der Waals surface area contributed by atoms with E-state index < -0.39 is 28.9 Å². The van der Waals surface area contributed by atoms with Crippen LogP contribution >= 0.6 is 0 Å². The third-order valence-corrected chi connectivity index (χ3v) is 2.56. The number of nitrogens with two attached hydrogens (primary N) is 1. The number of halogens is 3. The van der Waals surface area contributed by atoms with Gasteiger partial charge in [0.05, 0.1) is 5.56 Å². The maximum atomic E-state index is 13.3. The van der Waals surface area contributed by atoms with Gasteiger partial charge in [-0.05, 0) is 24.1 Å². The van der Waals surface area contributed by atoms with Crippen molar-refractivity contribution >= 4 is 5.91 Å². The van der Waals surface area contributed by atoms with Crippen LogP contribution in [-0.2, 0) is 0 Å². The molecule has 0 spiro atoms. The molecule has 1 amide bonds. The fourth-order valence-corrected chi connectivity index (χ4v) is 1.19. The monoisotopic (exact) mass is 260 g/mol. The summed E-state index contributed by atoms with van der Waals surface area (Å²) in [5.41, 5.74) is 4.59. The Morgan fingerprint density at radius 1 is 1.28 bits per heavy atom. The van der Waals surface area contributed by atoms with Crippen molar-refractivity contribution in [1.29, 1.82) is 0 Å². The van der Waals surface area contributed by atoms with Gasteiger partial charge in [-0.1, -0.05) is 13.8 Å². The molecule has 1 rings (SSSR count). The minimum absolute atomic E-state index is 0.209. The smallest absolute Gasteiger partial charge is 0.254 e. The van der Waals surface area contributed by atoms with Crippen molar-refractivity contribution in [1.82, 2.24) is 5.32 Å². The molecule has 3 N–H and O–H groups in total. The number of benzene rings is 1. The summed E-state index contributed by atoms with van der Waals surface area (Å²) >= 11 is 0. The molecule has 0 saturated heterocycles. The van der Waals surface area contributed by atoms with E-state index in [9.17, 15) is 18.0 Å². The van der Waals surface area contributed by atoms with Gasteiger partial charge in [0, 0.05) is 6.54 Å². The molecule has 0 heterocycles. The summed E-state index contributed by atoms with van der Waals surface area (Å²) in [5, 5.41) is 2.43. The van der Waals surface area contributed by atoms with Gasteiger partial charge in [0.15, 0.2) is 17.5 Å². The molecular weight excluding hydrogens is 245 g/mol. The quantitative estimate of drug-likeness (QED) is 0.811. The first-order valence-corrected chi connectivity index (χ1v) is 5.40. The highest BCUT2D eigenvalue weighted by molar-refractivity contribution is 5.94. The highest BCUT2D eigenvalue weighted by Gasteiger charge is 2.21. The van der Waals surface area contributed by atoms with E-state index >= 15 is 0 Å².